The van der Waals surface area contributed by atoms with Crippen LogP contribution in [-0.2, 0) is 9.84 Å². The van der Waals surface area contributed by atoms with Gasteiger partial charge in [-0.15, -0.1) is 0 Å². The van der Waals surface area contributed by atoms with E-state index in [4.69, 9.17) is 5.73 Å². The molecular formula is C11H14N4O2S. The van der Waals surface area contributed by atoms with E-state index in [1.54, 1.807) is 22.8 Å². The van der Waals surface area contributed by atoms with Crippen molar-refractivity contribution in [1.29, 1.82) is 0 Å². The van der Waals surface area contributed by atoms with Crippen LogP contribution in [0.1, 0.15) is 24.6 Å². The zero-order valence-electron chi connectivity index (χ0n) is 9.78. The van der Waals surface area contributed by atoms with Crippen molar-refractivity contribution in [3.8, 4) is 0 Å². The number of nitrogen functional groups attached to an aromatic ring is 1. The summed E-state index contributed by atoms with van der Waals surface area (Å²) in [6.07, 6.45) is 3.19. The van der Waals surface area contributed by atoms with Crippen molar-refractivity contribution < 1.29 is 8.42 Å². The van der Waals surface area contributed by atoms with E-state index in [0.717, 1.165) is 6.42 Å². The van der Waals surface area contributed by atoms with Crippen LogP contribution >= 0.6 is 0 Å². The van der Waals surface area contributed by atoms with E-state index in [2.05, 4.69) is 10.1 Å². The lowest BCUT2D eigenvalue weighted by molar-refractivity contribution is 0.543. The highest BCUT2D eigenvalue weighted by atomic mass is 32.2. The molecule has 1 aliphatic heterocycles. The highest BCUT2D eigenvalue weighted by Gasteiger charge is 2.28. The van der Waals surface area contributed by atoms with Crippen molar-refractivity contribution in [2.24, 2.45) is 0 Å². The van der Waals surface area contributed by atoms with Gasteiger partial charge in [-0.3, -0.25) is 0 Å². The monoisotopic (exact) mass is 266 g/mol. The van der Waals surface area contributed by atoms with Crippen LogP contribution < -0.4 is 5.73 Å². The molecule has 0 aromatic carbocycles. The van der Waals surface area contributed by atoms with Crippen LogP contribution in [0.5, 0.6) is 0 Å². The number of nitrogens with two attached hydrogens (primary N) is 1. The van der Waals surface area contributed by atoms with Gasteiger partial charge in [-0.2, -0.15) is 5.10 Å². The highest BCUT2D eigenvalue weighted by molar-refractivity contribution is 7.91. The van der Waals surface area contributed by atoms with Crippen molar-refractivity contribution in [3.05, 3.63) is 24.2 Å². The van der Waals surface area contributed by atoms with Crippen LogP contribution in [0.3, 0.4) is 0 Å². The molecule has 1 fully saturated rings. The molecule has 0 bridgehead atoms. The van der Waals surface area contributed by atoms with Gasteiger partial charge in [0.15, 0.2) is 21.3 Å². The fraction of sp³-hybridized carbons (Fsp3) is 0.455. The molecule has 2 N–H and O–H groups in total. The highest BCUT2D eigenvalue weighted by Crippen LogP contribution is 2.26. The summed E-state index contributed by atoms with van der Waals surface area (Å²) in [6.45, 7) is 0. The molecule has 3 heterocycles. The maximum atomic E-state index is 11.6. The number of aromatic nitrogens is 3. The summed E-state index contributed by atoms with van der Waals surface area (Å²) in [5.41, 5.74) is 6.97. The maximum Gasteiger partial charge on any atom is 0.155 e. The van der Waals surface area contributed by atoms with Crippen LogP contribution in [-0.4, -0.2) is 34.5 Å². The first-order chi connectivity index (χ1) is 8.53. The number of sulfone groups is 1. The minimum Gasteiger partial charge on any atom is -0.397 e. The Bertz CT molecular complexity index is 692. The topological polar surface area (TPSA) is 90.3 Å². The quantitative estimate of drug-likeness (QED) is 0.816. The van der Waals surface area contributed by atoms with Gasteiger partial charge in [0.05, 0.1) is 23.4 Å². The summed E-state index contributed by atoms with van der Waals surface area (Å²) in [4.78, 5) is 4.37. The summed E-state index contributed by atoms with van der Waals surface area (Å²) < 4.78 is 24.8. The Balaban J connectivity index is 1.99. The van der Waals surface area contributed by atoms with Gasteiger partial charge < -0.3 is 5.73 Å². The third kappa shape index (κ3) is 2.05. The summed E-state index contributed by atoms with van der Waals surface area (Å²) in [7, 11) is -2.94. The smallest absolute Gasteiger partial charge is 0.155 e. The van der Waals surface area contributed by atoms with Gasteiger partial charge in [-0.1, -0.05) is 0 Å². The first kappa shape index (κ1) is 11.5. The lowest BCUT2D eigenvalue weighted by Gasteiger charge is -2.18. The van der Waals surface area contributed by atoms with Crippen molar-refractivity contribution in [2.45, 2.75) is 18.8 Å². The van der Waals surface area contributed by atoms with Crippen molar-refractivity contribution in [2.75, 3.05) is 17.2 Å². The summed E-state index contributed by atoms with van der Waals surface area (Å²) in [6, 6.07) is 3.54. The van der Waals surface area contributed by atoms with Crippen LogP contribution in [0.4, 0.5) is 5.69 Å². The number of anilines is 1. The Hall–Kier alpha value is -1.63. The maximum absolute atomic E-state index is 11.6. The first-order valence-electron chi connectivity index (χ1n) is 5.86. The molecule has 96 valence electrons. The molecule has 3 rings (SSSR count). The van der Waals surface area contributed by atoms with E-state index in [-0.39, 0.29) is 17.4 Å². The van der Waals surface area contributed by atoms with E-state index >= 15 is 0 Å². The number of hydrogen-bond acceptors (Lipinski definition) is 5. The molecule has 0 aliphatic carbocycles. The van der Waals surface area contributed by atoms with Gasteiger partial charge in [0, 0.05) is 5.92 Å². The molecule has 0 amide bonds. The van der Waals surface area contributed by atoms with Gasteiger partial charge in [0.1, 0.15) is 0 Å². The van der Waals surface area contributed by atoms with Gasteiger partial charge in [-0.25, -0.2) is 17.9 Å². The fourth-order valence-electron chi connectivity index (χ4n) is 2.32. The van der Waals surface area contributed by atoms with Crippen LogP contribution in [0, 0.1) is 0 Å². The molecule has 6 nitrogen and oxygen atoms in total. The molecule has 7 heteroatoms. The minimum atomic E-state index is -2.94. The third-order valence-electron chi connectivity index (χ3n) is 3.20. The number of rotatable bonds is 1. The van der Waals surface area contributed by atoms with Gasteiger partial charge in [-0.05, 0) is 25.0 Å². The predicted octanol–water partition coefficient (Wildman–Crippen LogP) is 0.604. The third-order valence-corrected chi connectivity index (χ3v) is 5.02. The first-order valence-corrected chi connectivity index (χ1v) is 7.68. The summed E-state index contributed by atoms with van der Waals surface area (Å²) >= 11 is 0. The number of fused-ring (bicyclic) bond motifs is 1. The van der Waals surface area contributed by atoms with Crippen LogP contribution in [0.15, 0.2) is 18.3 Å². The van der Waals surface area contributed by atoms with E-state index in [0.29, 0.717) is 23.6 Å². The van der Waals surface area contributed by atoms with Crippen LogP contribution in [0.2, 0.25) is 0 Å². The molecular weight excluding hydrogens is 252 g/mol. The number of pyridine rings is 1. The lowest BCUT2D eigenvalue weighted by Crippen LogP contribution is -2.24. The molecule has 1 unspecified atom stereocenters. The molecule has 0 radical (unpaired) electrons. The zero-order valence-corrected chi connectivity index (χ0v) is 10.6. The standard InChI is InChI=1S/C11H14N4O2S/c12-9-3-4-10-13-11(14-15(10)6-9)8-2-1-5-18(16,17)7-8/h3-4,6,8H,1-2,5,7,12H2. The number of nitrogens with zero attached hydrogens (tertiary/aromatic N) is 3. The lowest BCUT2D eigenvalue weighted by atomic mass is 10.1. The Morgan fingerprint density at radius 3 is 3.00 bits per heavy atom. The molecule has 1 aliphatic rings. The van der Waals surface area contributed by atoms with Gasteiger partial charge in [0.2, 0.25) is 0 Å². The SMILES string of the molecule is Nc1ccc2nc(C3CCCS(=O)(=O)C3)nn2c1. The minimum absolute atomic E-state index is 0.0927. The predicted molar refractivity (Wildman–Crippen MR) is 68.0 cm³/mol. The van der Waals surface area contributed by atoms with E-state index in [1.165, 1.54) is 0 Å². The van der Waals surface area contributed by atoms with Crippen molar-refractivity contribution in [1.82, 2.24) is 14.6 Å². The van der Waals surface area contributed by atoms with E-state index in [1.807, 2.05) is 0 Å². The molecule has 1 saturated heterocycles. The largest absolute Gasteiger partial charge is 0.397 e. The Morgan fingerprint density at radius 2 is 2.22 bits per heavy atom. The van der Waals surface area contributed by atoms with Crippen LogP contribution in [0.25, 0.3) is 5.65 Å². The Kier molecular flexibility index (Phi) is 2.51. The second-order valence-corrected chi connectivity index (χ2v) is 6.92. The number of hydrogen-bond donors (Lipinski definition) is 1. The molecule has 2 aromatic rings. The summed E-state index contributed by atoms with van der Waals surface area (Å²) in [5, 5.41) is 4.32. The van der Waals surface area contributed by atoms with Crippen molar-refractivity contribution in [3.63, 3.8) is 0 Å². The normalized spacial score (nSPS) is 23.2. The Labute approximate surface area is 105 Å². The molecule has 18 heavy (non-hydrogen) atoms. The molecule has 0 spiro atoms. The fourth-order valence-corrected chi connectivity index (χ4v) is 4.02. The average molecular weight is 266 g/mol. The Morgan fingerprint density at radius 1 is 1.39 bits per heavy atom. The molecule has 1 atom stereocenters. The molecule has 2 aromatic heterocycles. The molecule has 0 saturated carbocycles. The second-order valence-electron chi connectivity index (χ2n) is 4.69. The van der Waals surface area contributed by atoms with Gasteiger partial charge >= 0.3 is 0 Å². The second kappa shape index (κ2) is 3.94. The summed E-state index contributed by atoms with van der Waals surface area (Å²) in [5.74, 6) is 0.942. The van der Waals surface area contributed by atoms with E-state index in [9.17, 15) is 8.42 Å². The average Bonchev–Trinajstić information content (AvgIpc) is 2.70. The van der Waals surface area contributed by atoms with E-state index < -0.39 is 9.84 Å². The van der Waals surface area contributed by atoms with Gasteiger partial charge in [0.25, 0.3) is 0 Å². The zero-order chi connectivity index (χ0) is 12.8. The van der Waals surface area contributed by atoms with Crippen molar-refractivity contribution >= 4 is 21.2 Å².